The first-order valence-corrected chi connectivity index (χ1v) is 11.1. The fourth-order valence-electron chi connectivity index (χ4n) is 4.45. The van der Waals surface area contributed by atoms with E-state index in [-0.39, 0.29) is 6.04 Å². The highest BCUT2D eigenvalue weighted by molar-refractivity contribution is 5.70. The molecule has 172 valence electrons. The molecular weight excluding hydrogens is 418 g/mol. The van der Waals surface area contributed by atoms with Gasteiger partial charge in [-0.15, -0.1) is 0 Å². The first kappa shape index (κ1) is 22.7. The van der Waals surface area contributed by atoms with Crippen LogP contribution in [-0.4, -0.2) is 43.3 Å². The molecule has 0 aliphatic carbocycles. The van der Waals surface area contributed by atoms with E-state index in [1.165, 1.54) is 0 Å². The van der Waals surface area contributed by atoms with Crippen molar-refractivity contribution in [3.63, 3.8) is 0 Å². The number of hydrogen-bond donors (Lipinski definition) is 1. The molecule has 1 aliphatic rings. The van der Waals surface area contributed by atoms with Crippen molar-refractivity contribution in [2.75, 3.05) is 27.3 Å². The largest absolute Gasteiger partial charge is 0.497 e. The summed E-state index contributed by atoms with van der Waals surface area (Å²) in [5, 5.41) is 9.67. The van der Waals surface area contributed by atoms with E-state index in [0.29, 0.717) is 24.5 Å². The Kier molecular flexibility index (Phi) is 7.15. The van der Waals surface area contributed by atoms with E-state index in [1.54, 1.807) is 14.2 Å². The highest BCUT2D eigenvalue weighted by Crippen LogP contribution is 2.40. The molecule has 1 heterocycles. The highest BCUT2D eigenvalue weighted by Gasteiger charge is 2.33. The van der Waals surface area contributed by atoms with E-state index >= 15 is 0 Å². The molecule has 1 fully saturated rings. The Labute approximate surface area is 194 Å². The average molecular weight is 448 g/mol. The highest BCUT2D eigenvalue weighted by atomic mass is 16.5. The second-order valence-corrected chi connectivity index (χ2v) is 8.17. The molecule has 2 unspecified atom stereocenters. The van der Waals surface area contributed by atoms with Crippen LogP contribution in [0.4, 0.5) is 0 Å². The zero-order chi connectivity index (χ0) is 23.2. The predicted octanol–water partition coefficient (Wildman–Crippen LogP) is 5.38. The van der Waals surface area contributed by atoms with Gasteiger partial charge in [0.2, 0.25) is 0 Å². The maximum absolute atomic E-state index is 11.8. The van der Waals surface area contributed by atoms with Gasteiger partial charge in [0.1, 0.15) is 23.0 Å². The van der Waals surface area contributed by atoms with Crippen molar-refractivity contribution < 1.29 is 24.1 Å². The average Bonchev–Trinajstić information content (AvgIpc) is 2.85. The summed E-state index contributed by atoms with van der Waals surface area (Å²) in [4.78, 5) is 14.0. The summed E-state index contributed by atoms with van der Waals surface area (Å²) < 4.78 is 17.2. The molecule has 3 aromatic carbocycles. The molecule has 0 spiro atoms. The molecule has 6 heteroatoms. The smallest absolute Gasteiger partial charge is 0.307 e. The monoisotopic (exact) mass is 447 g/mol. The lowest BCUT2D eigenvalue weighted by Crippen LogP contribution is -2.41. The van der Waals surface area contributed by atoms with Crippen LogP contribution in [0.5, 0.6) is 23.0 Å². The standard InChI is InChI=1S/C27H29NO5/c1-31-22-13-14-24(25(17-22)32-2)26(28-15-7-9-20(18-28)27(29)30)19-8-6-12-23(16-19)33-21-10-4-3-5-11-21/h3-6,8,10-14,16-17,20,26H,7,9,15,18H2,1-2H3,(H,29,30). The van der Waals surface area contributed by atoms with Gasteiger partial charge >= 0.3 is 5.97 Å². The predicted molar refractivity (Wildman–Crippen MR) is 126 cm³/mol. The summed E-state index contributed by atoms with van der Waals surface area (Å²) >= 11 is 0. The molecule has 1 N–H and O–H groups in total. The number of carboxylic acids is 1. The molecule has 6 nitrogen and oxygen atoms in total. The van der Waals surface area contributed by atoms with Crippen molar-refractivity contribution >= 4 is 5.97 Å². The van der Waals surface area contributed by atoms with Crippen molar-refractivity contribution in [1.82, 2.24) is 4.90 Å². The number of aliphatic carboxylic acids is 1. The van der Waals surface area contributed by atoms with Crippen LogP contribution in [0.2, 0.25) is 0 Å². The molecule has 0 radical (unpaired) electrons. The third kappa shape index (κ3) is 5.29. The minimum atomic E-state index is -0.749. The Hall–Kier alpha value is -3.51. The van der Waals surface area contributed by atoms with Crippen LogP contribution in [0.15, 0.2) is 72.8 Å². The summed E-state index contributed by atoms with van der Waals surface area (Å²) in [5.74, 6) is 1.75. The van der Waals surface area contributed by atoms with Gasteiger partial charge in [-0.05, 0) is 61.3 Å². The lowest BCUT2D eigenvalue weighted by Gasteiger charge is -2.38. The maximum Gasteiger partial charge on any atom is 0.307 e. The number of rotatable bonds is 8. The van der Waals surface area contributed by atoms with Gasteiger partial charge in [0.15, 0.2) is 0 Å². The van der Waals surface area contributed by atoms with Crippen LogP contribution in [0.3, 0.4) is 0 Å². The number of carbonyl (C=O) groups is 1. The topological polar surface area (TPSA) is 68.2 Å². The number of likely N-dealkylation sites (tertiary alicyclic amines) is 1. The molecular formula is C27H29NO5. The summed E-state index contributed by atoms with van der Waals surface area (Å²) in [5.41, 5.74) is 1.97. The molecule has 0 amide bonds. The number of ether oxygens (including phenoxy) is 3. The van der Waals surface area contributed by atoms with Crippen molar-refractivity contribution in [1.29, 1.82) is 0 Å². The minimum absolute atomic E-state index is 0.188. The Bertz CT molecular complexity index is 1080. The second-order valence-electron chi connectivity index (χ2n) is 8.17. The molecule has 1 aliphatic heterocycles. The van der Waals surface area contributed by atoms with Gasteiger partial charge < -0.3 is 19.3 Å². The SMILES string of the molecule is COc1ccc(C(c2cccc(Oc3ccccc3)c2)N2CCCC(C(=O)O)C2)c(OC)c1. The summed E-state index contributed by atoms with van der Waals surface area (Å²) in [6, 6.07) is 23.2. The van der Waals surface area contributed by atoms with Gasteiger partial charge in [0, 0.05) is 18.2 Å². The molecule has 1 saturated heterocycles. The fraction of sp³-hybridized carbons (Fsp3) is 0.296. The van der Waals surface area contributed by atoms with Crippen molar-refractivity contribution in [2.45, 2.75) is 18.9 Å². The van der Waals surface area contributed by atoms with Crippen LogP contribution >= 0.6 is 0 Å². The first-order valence-electron chi connectivity index (χ1n) is 11.1. The number of carboxylic acid groups (broad SMARTS) is 1. The van der Waals surface area contributed by atoms with Crippen LogP contribution in [-0.2, 0) is 4.79 Å². The molecule has 3 aromatic rings. The normalized spacial score (nSPS) is 17.2. The number of nitrogens with zero attached hydrogens (tertiary/aromatic N) is 1. The molecule has 0 aromatic heterocycles. The Morgan fingerprint density at radius 1 is 0.939 bits per heavy atom. The third-order valence-corrected chi connectivity index (χ3v) is 6.06. The van der Waals surface area contributed by atoms with Gasteiger partial charge in [-0.1, -0.05) is 30.3 Å². The van der Waals surface area contributed by atoms with Gasteiger partial charge in [0.05, 0.1) is 26.2 Å². The van der Waals surface area contributed by atoms with Crippen LogP contribution in [0.1, 0.15) is 30.0 Å². The first-order chi connectivity index (χ1) is 16.1. The van der Waals surface area contributed by atoms with Gasteiger partial charge in [-0.25, -0.2) is 0 Å². The van der Waals surface area contributed by atoms with Crippen LogP contribution < -0.4 is 14.2 Å². The minimum Gasteiger partial charge on any atom is -0.497 e. The maximum atomic E-state index is 11.8. The van der Waals surface area contributed by atoms with E-state index in [9.17, 15) is 9.90 Å². The number of piperidine rings is 1. The van der Waals surface area contributed by atoms with Crippen molar-refractivity contribution in [3.8, 4) is 23.0 Å². The van der Waals surface area contributed by atoms with E-state index < -0.39 is 11.9 Å². The summed E-state index contributed by atoms with van der Waals surface area (Å²) in [6.07, 6.45) is 1.52. The van der Waals surface area contributed by atoms with E-state index in [1.807, 2.05) is 66.7 Å². The number of para-hydroxylation sites is 1. The van der Waals surface area contributed by atoms with Crippen LogP contribution in [0.25, 0.3) is 0 Å². The number of benzene rings is 3. The van der Waals surface area contributed by atoms with E-state index in [2.05, 4.69) is 11.0 Å². The molecule has 4 rings (SSSR count). The molecule has 0 bridgehead atoms. The summed E-state index contributed by atoms with van der Waals surface area (Å²) in [6.45, 7) is 1.27. The third-order valence-electron chi connectivity index (χ3n) is 6.06. The fourth-order valence-corrected chi connectivity index (χ4v) is 4.45. The lowest BCUT2D eigenvalue weighted by molar-refractivity contribution is -0.143. The van der Waals surface area contributed by atoms with Crippen LogP contribution in [0, 0.1) is 5.92 Å². The van der Waals surface area contributed by atoms with E-state index in [0.717, 1.165) is 35.6 Å². The quantitative estimate of drug-likeness (QED) is 0.500. The lowest BCUT2D eigenvalue weighted by atomic mass is 9.91. The second kappa shape index (κ2) is 10.4. The molecule has 33 heavy (non-hydrogen) atoms. The Morgan fingerprint density at radius 3 is 2.45 bits per heavy atom. The Balaban J connectivity index is 1.75. The van der Waals surface area contributed by atoms with E-state index in [4.69, 9.17) is 14.2 Å². The molecule has 2 atom stereocenters. The summed E-state index contributed by atoms with van der Waals surface area (Å²) in [7, 11) is 3.26. The van der Waals surface area contributed by atoms with Crippen molar-refractivity contribution in [2.24, 2.45) is 5.92 Å². The number of hydrogen-bond acceptors (Lipinski definition) is 5. The zero-order valence-corrected chi connectivity index (χ0v) is 18.9. The zero-order valence-electron chi connectivity index (χ0n) is 18.9. The van der Waals surface area contributed by atoms with Crippen molar-refractivity contribution in [3.05, 3.63) is 83.9 Å². The van der Waals surface area contributed by atoms with Gasteiger partial charge in [-0.3, -0.25) is 9.69 Å². The molecule has 0 saturated carbocycles. The van der Waals surface area contributed by atoms with Gasteiger partial charge in [0.25, 0.3) is 0 Å². The van der Waals surface area contributed by atoms with Gasteiger partial charge in [-0.2, -0.15) is 0 Å². The Morgan fingerprint density at radius 2 is 1.73 bits per heavy atom. The number of methoxy groups -OCH3 is 2.